The van der Waals surface area contributed by atoms with Gasteiger partial charge in [0.1, 0.15) is 0 Å². The number of hydrogen-bond donors (Lipinski definition) is 3. The molecule has 134 valence electrons. The molecule has 1 heterocycles. The quantitative estimate of drug-likeness (QED) is 0.718. The van der Waals surface area contributed by atoms with E-state index in [-0.39, 0.29) is 18.7 Å². The van der Waals surface area contributed by atoms with Crippen LogP contribution < -0.4 is 10.6 Å². The third kappa shape index (κ3) is 5.80. The minimum atomic E-state index is -0.225. The molecule has 2 amide bonds. The molecule has 5 heteroatoms. The number of aliphatic hydroxyl groups excluding tert-OH is 1. The van der Waals surface area contributed by atoms with E-state index in [0.29, 0.717) is 13.0 Å². The summed E-state index contributed by atoms with van der Waals surface area (Å²) in [5.74, 6) is 0.833. The van der Waals surface area contributed by atoms with Gasteiger partial charge in [-0.05, 0) is 49.4 Å². The molecule has 1 aromatic rings. The Bertz CT molecular complexity index is 509. The van der Waals surface area contributed by atoms with Crippen LogP contribution in [-0.4, -0.2) is 41.8 Å². The van der Waals surface area contributed by atoms with Crippen molar-refractivity contribution in [2.24, 2.45) is 5.92 Å². The molecule has 0 bridgehead atoms. The van der Waals surface area contributed by atoms with E-state index < -0.39 is 0 Å². The van der Waals surface area contributed by atoms with E-state index in [2.05, 4.69) is 40.7 Å². The first-order chi connectivity index (χ1) is 11.6. The Kier molecular flexibility index (Phi) is 7.53. The first kappa shape index (κ1) is 18.7. The normalized spacial score (nSPS) is 17.5. The summed E-state index contributed by atoms with van der Waals surface area (Å²) in [6.45, 7) is 7.98. The SMILES string of the molecule is CCC(CO)NC(=O)NCc1ccccc1CN1CCC(C)CC1. The number of aliphatic hydroxyl groups is 1. The minimum Gasteiger partial charge on any atom is -0.394 e. The van der Waals surface area contributed by atoms with Crippen molar-refractivity contribution in [1.82, 2.24) is 15.5 Å². The van der Waals surface area contributed by atoms with Gasteiger partial charge in [0.2, 0.25) is 0 Å². The van der Waals surface area contributed by atoms with Crippen molar-refractivity contribution >= 4 is 6.03 Å². The number of hydrogen-bond acceptors (Lipinski definition) is 3. The molecule has 1 aliphatic heterocycles. The van der Waals surface area contributed by atoms with Gasteiger partial charge < -0.3 is 15.7 Å². The van der Waals surface area contributed by atoms with Gasteiger partial charge in [-0.25, -0.2) is 4.79 Å². The van der Waals surface area contributed by atoms with Gasteiger partial charge in [0.15, 0.2) is 0 Å². The molecule has 1 fully saturated rings. The highest BCUT2D eigenvalue weighted by Gasteiger charge is 2.17. The maximum absolute atomic E-state index is 11.9. The molecule has 1 atom stereocenters. The molecule has 1 aromatic carbocycles. The van der Waals surface area contributed by atoms with Gasteiger partial charge in [-0.3, -0.25) is 4.90 Å². The first-order valence-electron chi connectivity index (χ1n) is 9.06. The third-order valence-corrected chi connectivity index (χ3v) is 4.88. The number of urea groups is 1. The van der Waals surface area contributed by atoms with Crippen molar-refractivity contribution in [2.75, 3.05) is 19.7 Å². The van der Waals surface area contributed by atoms with Gasteiger partial charge in [0.25, 0.3) is 0 Å². The number of carbonyl (C=O) groups excluding carboxylic acids is 1. The zero-order valence-corrected chi connectivity index (χ0v) is 14.9. The maximum Gasteiger partial charge on any atom is 0.315 e. The summed E-state index contributed by atoms with van der Waals surface area (Å²) in [7, 11) is 0. The van der Waals surface area contributed by atoms with Crippen molar-refractivity contribution in [3.05, 3.63) is 35.4 Å². The van der Waals surface area contributed by atoms with E-state index in [1.807, 2.05) is 13.0 Å². The van der Waals surface area contributed by atoms with Crippen molar-refractivity contribution < 1.29 is 9.90 Å². The largest absolute Gasteiger partial charge is 0.394 e. The number of nitrogens with one attached hydrogen (secondary N) is 2. The summed E-state index contributed by atoms with van der Waals surface area (Å²) in [4.78, 5) is 14.4. The Morgan fingerprint density at radius 2 is 1.96 bits per heavy atom. The van der Waals surface area contributed by atoms with Crippen molar-refractivity contribution in [2.45, 2.75) is 52.2 Å². The number of piperidine rings is 1. The van der Waals surface area contributed by atoms with Crippen LogP contribution in [0.3, 0.4) is 0 Å². The highest BCUT2D eigenvalue weighted by Crippen LogP contribution is 2.19. The lowest BCUT2D eigenvalue weighted by Gasteiger charge is -2.30. The molecule has 5 nitrogen and oxygen atoms in total. The van der Waals surface area contributed by atoms with Gasteiger partial charge in [0.05, 0.1) is 12.6 Å². The fourth-order valence-electron chi connectivity index (χ4n) is 3.03. The molecule has 1 aliphatic rings. The smallest absolute Gasteiger partial charge is 0.315 e. The predicted octanol–water partition coefficient (Wildman–Crippen LogP) is 2.49. The second-order valence-corrected chi connectivity index (χ2v) is 6.84. The van der Waals surface area contributed by atoms with Gasteiger partial charge in [-0.15, -0.1) is 0 Å². The van der Waals surface area contributed by atoms with E-state index in [4.69, 9.17) is 5.11 Å². The molecule has 1 saturated heterocycles. The summed E-state index contributed by atoms with van der Waals surface area (Å²) in [6.07, 6.45) is 3.25. The van der Waals surface area contributed by atoms with Gasteiger partial charge in [0, 0.05) is 13.1 Å². The number of likely N-dealkylation sites (tertiary alicyclic amines) is 1. The minimum absolute atomic E-state index is 0.0338. The molecule has 0 spiro atoms. The Balaban J connectivity index is 1.88. The molecule has 0 aromatic heterocycles. The summed E-state index contributed by atoms with van der Waals surface area (Å²) in [5, 5.41) is 14.8. The fraction of sp³-hybridized carbons (Fsp3) is 0.632. The van der Waals surface area contributed by atoms with Crippen LogP contribution in [0, 0.1) is 5.92 Å². The third-order valence-electron chi connectivity index (χ3n) is 4.88. The second kappa shape index (κ2) is 9.64. The van der Waals surface area contributed by atoms with Gasteiger partial charge in [-0.1, -0.05) is 38.1 Å². The molecule has 1 unspecified atom stereocenters. The van der Waals surface area contributed by atoms with Crippen LogP contribution in [0.25, 0.3) is 0 Å². The number of nitrogens with zero attached hydrogens (tertiary/aromatic N) is 1. The lowest BCUT2D eigenvalue weighted by Crippen LogP contribution is -2.43. The standard InChI is InChI=1S/C19H31N3O2/c1-3-18(14-23)21-19(24)20-12-16-6-4-5-7-17(16)13-22-10-8-15(2)9-11-22/h4-7,15,18,23H,3,8-14H2,1-2H3,(H2,20,21,24). The highest BCUT2D eigenvalue weighted by molar-refractivity contribution is 5.74. The highest BCUT2D eigenvalue weighted by atomic mass is 16.3. The maximum atomic E-state index is 11.9. The monoisotopic (exact) mass is 333 g/mol. The molecular weight excluding hydrogens is 302 g/mol. The van der Waals surface area contributed by atoms with Crippen LogP contribution >= 0.6 is 0 Å². The van der Waals surface area contributed by atoms with Crippen LogP contribution in [-0.2, 0) is 13.1 Å². The molecule has 24 heavy (non-hydrogen) atoms. The average Bonchev–Trinajstić information content (AvgIpc) is 2.61. The lowest BCUT2D eigenvalue weighted by molar-refractivity contribution is 0.184. The Morgan fingerprint density at radius 1 is 1.29 bits per heavy atom. The van der Waals surface area contributed by atoms with Crippen molar-refractivity contribution in [3.8, 4) is 0 Å². The zero-order valence-electron chi connectivity index (χ0n) is 14.9. The van der Waals surface area contributed by atoms with Gasteiger partial charge in [-0.2, -0.15) is 0 Å². The molecule has 2 rings (SSSR count). The van der Waals surface area contributed by atoms with Crippen LogP contribution in [0.2, 0.25) is 0 Å². The van der Waals surface area contributed by atoms with Crippen LogP contribution in [0.15, 0.2) is 24.3 Å². The molecule has 3 N–H and O–H groups in total. The van der Waals surface area contributed by atoms with Crippen LogP contribution in [0.4, 0.5) is 4.79 Å². The van der Waals surface area contributed by atoms with Crippen LogP contribution in [0.5, 0.6) is 0 Å². The van der Waals surface area contributed by atoms with E-state index in [1.165, 1.54) is 18.4 Å². The number of benzene rings is 1. The fourth-order valence-corrected chi connectivity index (χ4v) is 3.03. The van der Waals surface area contributed by atoms with E-state index in [1.54, 1.807) is 0 Å². The summed E-state index contributed by atoms with van der Waals surface area (Å²) < 4.78 is 0. The molecule has 0 saturated carbocycles. The van der Waals surface area contributed by atoms with E-state index in [0.717, 1.165) is 31.1 Å². The second-order valence-electron chi connectivity index (χ2n) is 6.84. The Hall–Kier alpha value is -1.59. The topological polar surface area (TPSA) is 64.6 Å². The van der Waals surface area contributed by atoms with Crippen LogP contribution in [0.1, 0.15) is 44.2 Å². The average molecular weight is 333 g/mol. The van der Waals surface area contributed by atoms with E-state index in [9.17, 15) is 4.79 Å². The lowest BCUT2D eigenvalue weighted by atomic mass is 9.98. The summed E-state index contributed by atoms with van der Waals surface area (Å²) in [6, 6.07) is 7.89. The molecule has 0 aliphatic carbocycles. The van der Waals surface area contributed by atoms with Crippen molar-refractivity contribution in [3.63, 3.8) is 0 Å². The molecule has 0 radical (unpaired) electrons. The summed E-state index contributed by atoms with van der Waals surface area (Å²) in [5.41, 5.74) is 2.44. The molecular formula is C19H31N3O2. The van der Waals surface area contributed by atoms with Gasteiger partial charge >= 0.3 is 6.03 Å². The van der Waals surface area contributed by atoms with Crippen molar-refractivity contribution in [1.29, 1.82) is 0 Å². The predicted molar refractivity (Wildman–Crippen MR) is 96.7 cm³/mol. The number of rotatable bonds is 7. The number of carbonyl (C=O) groups is 1. The number of amides is 2. The summed E-state index contributed by atoms with van der Waals surface area (Å²) >= 11 is 0. The Labute approximate surface area is 145 Å². The van der Waals surface area contributed by atoms with E-state index >= 15 is 0 Å². The Morgan fingerprint density at radius 3 is 2.58 bits per heavy atom. The zero-order chi connectivity index (χ0) is 17.4. The first-order valence-corrected chi connectivity index (χ1v) is 9.06.